The molecule has 7 nitrogen and oxygen atoms in total. The molecule has 1 amide bonds. The Morgan fingerprint density at radius 3 is 2.95 bits per heavy atom. The number of carboxylic acids is 1. The van der Waals surface area contributed by atoms with Gasteiger partial charge in [-0.2, -0.15) is 0 Å². The molecule has 0 bridgehead atoms. The number of aliphatic carboxylic acids is 1. The number of amides is 1. The molecule has 22 heavy (non-hydrogen) atoms. The lowest BCUT2D eigenvalue weighted by atomic mass is 10.1. The molecule has 1 aliphatic rings. The molecule has 0 aliphatic carbocycles. The topological polar surface area (TPSA) is 96.8 Å². The summed E-state index contributed by atoms with van der Waals surface area (Å²) in [6.45, 7) is 2.47. The van der Waals surface area contributed by atoms with Crippen molar-refractivity contribution in [2.24, 2.45) is 5.92 Å². The summed E-state index contributed by atoms with van der Waals surface area (Å²) in [6, 6.07) is 3.46. The zero-order valence-corrected chi connectivity index (χ0v) is 12.1. The average Bonchev–Trinajstić information content (AvgIpc) is 3.18. The van der Waals surface area contributed by atoms with Crippen LogP contribution in [0.1, 0.15) is 17.9 Å². The Morgan fingerprint density at radius 1 is 1.50 bits per heavy atom. The number of aromatic nitrogens is 1. The van der Waals surface area contributed by atoms with E-state index in [9.17, 15) is 9.59 Å². The molecule has 1 atom stereocenters. The molecule has 0 spiro atoms. The van der Waals surface area contributed by atoms with Crippen molar-refractivity contribution in [3.8, 4) is 11.7 Å². The van der Waals surface area contributed by atoms with Gasteiger partial charge in [-0.15, -0.1) is 0 Å². The lowest BCUT2D eigenvalue weighted by Gasteiger charge is -2.14. The van der Waals surface area contributed by atoms with Gasteiger partial charge in [-0.1, -0.05) is 0 Å². The van der Waals surface area contributed by atoms with Crippen molar-refractivity contribution in [3.05, 3.63) is 29.9 Å². The number of rotatable bonds is 4. The van der Waals surface area contributed by atoms with Crippen LogP contribution in [0, 0.1) is 12.8 Å². The highest BCUT2D eigenvalue weighted by Gasteiger charge is 2.31. The molecular formula is C15H16N2O5. The number of hydrogen-bond donors (Lipinski definition) is 1. The number of aryl methyl sites for hydroxylation is 1. The van der Waals surface area contributed by atoms with Gasteiger partial charge in [0.2, 0.25) is 5.91 Å². The third-order valence-electron chi connectivity index (χ3n) is 3.83. The molecule has 7 heteroatoms. The minimum Gasteiger partial charge on any atom is -0.481 e. The molecule has 2 aromatic rings. The minimum absolute atomic E-state index is 0.0996. The number of likely N-dealkylation sites (tertiary alicyclic amines) is 1. The van der Waals surface area contributed by atoms with Gasteiger partial charge in [-0.05, 0) is 25.5 Å². The van der Waals surface area contributed by atoms with Crippen LogP contribution in [-0.2, 0) is 16.0 Å². The Kier molecular flexibility index (Phi) is 3.70. The molecule has 0 aromatic carbocycles. The first kappa shape index (κ1) is 14.4. The molecular weight excluding hydrogens is 288 g/mol. The van der Waals surface area contributed by atoms with E-state index in [0.717, 1.165) is 0 Å². The fraction of sp³-hybridized carbons (Fsp3) is 0.400. The maximum absolute atomic E-state index is 12.3. The largest absolute Gasteiger partial charge is 0.481 e. The van der Waals surface area contributed by atoms with Gasteiger partial charge in [-0.3, -0.25) is 9.59 Å². The van der Waals surface area contributed by atoms with E-state index in [-0.39, 0.29) is 18.9 Å². The first-order valence-corrected chi connectivity index (χ1v) is 7.05. The van der Waals surface area contributed by atoms with Crippen LogP contribution < -0.4 is 0 Å². The summed E-state index contributed by atoms with van der Waals surface area (Å²) in [6.07, 6.45) is 2.12. The van der Waals surface area contributed by atoms with Gasteiger partial charge in [0.15, 0.2) is 5.76 Å². The van der Waals surface area contributed by atoms with E-state index in [1.807, 2.05) is 0 Å². The molecule has 116 valence electrons. The van der Waals surface area contributed by atoms with Crippen LogP contribution >= 0.6 is 0 Å². The van der Waals surface area contributed by atoms with Crippen LogP contribution in [-0.4, -0.2) is 40.0 Å². The van der Waals surface area contributed by atoms with E-state index in [1.54, 1.807) is 24.0 Å². The van der Waals surface area contributed by atoms with Gasteiger partial charge in [0.05, 0.1) is 24.3 Å². The summed E-state index contributed by atoms with van der Waals surface area (Å²) in [7, 11) is 0. The van der Waals surface area contributed by atoms with Gasteiger partial charge in [-0.25, -0.2) is 4.98 Å². The fourth-order valence-corrected chi connectivity index (χ4v) is 2.54. The van der Waals surface area contributed by atoms with Crippen LogP contribution in [0.5, 0.6) is 0 Å². The van der Waals surface area contributed by atoms with Gasteiger partial charge in [0.25, 0.3) is 5.89 Å². The van der Waals surface area contributed by atoms with Crippen molar-refractivity contribution in [3.63, 3.8) is 0 Å². The fourth-order valence-electron chi connectivity index (χ4n) is 2.54. The van der Waals surface area contributed by atoms with Crippen molar-refractivity contribution in [1.29, 1.82) is 0 Å². The molecule has 3 rings (SSSR count). The summed E-state index contributed by atoms with van der Waals surface area (Å²) < 4.78 is 10.7. The third-order valence-corrected chi connectivity index (χ3v) is 3.83. The van der Waals surface area contributed by atoms with Gasteiger partial charge >= 0.3 is 5.97 Å². The number of oxazole rings is 1. The summed E-state index contributed by atoms with van der Waals surface area (Å²) >= 11 is 0. The highest BCUT2D eigenvalue weighted by atomic mass is 16.4. The molecule has 1 unspecified atom stereocenters. The Labute approximate surface area is 126 Å². The highest BCUT2D eigenvalue weighted by molar-refractivity contribution is 5.80. The maximum atomic E-state index is 12.3. The second-order valence-electron chi connectivity index (χ2n) is 5.34. The number of hydrogen-bond acceptors (Lipinski definition) is 5. The van der Waals surface area contributed by atoms with Gasteiger partial charge in [0.1, 0.15) is 5.76 Å². The highest BCUT2D eigenvalue weighted by Crippen LogP contribution is 2.23. The predicted molar refractivity (Wildman–Crippen MR) is 75.0 cm³/mol. The number of furan rings is 1. The number of carbonyl (C=O) groups excluding carboxylic acids is 1. The summed E-state index contributed by atoms with van der Waals surface area (Å²) in [5.74, 6) is -0.0435. The Bertz CT molecular complexity index is 689. The third kappa shape index (κ3) is 2.74. The first-order valence-electron chi connectivity index (χ1n) is 7.05. The first-order chi connectivity index (χ1) is 10.5. The summed E-state index contributed by atoms with van der Waals surface area (Å²) in [4.78, 5) is 29.1. The zero-order chi connectivity index (χ0) is 15.7. The summed E-state index contributed by atoms with van der Waals surface area (Å²) in [5, 5.41) is 8.98. The number of nitrogens with zero attached hydrogens (tertiary/aromatic N) is 2. The SMILES string of the molecule is Cc1oc(-c2ccco2)nc1CC(=O)N1CCC(C(=O)O)C1. The van der Waals surface area contributed by atoms with Crippen molar-refractivity contribution >= 4 is 11.9 Å². The van der Waals surface area contributed by atoms with E-state index >= 15 is 0 Å². The van der Waals surface area contributed by atoms with Crippen molar-refractivity contribution < 1.29 is 23.5 Å². The van der Waals surface area contributed by atoms with E-state index < -0.39 is 11.9 Å². The normalized spacial score (nSPS) is 17.9. The molecule has 1 saturated heterocycles. The lowest BCUT2D eigenvalue weighted by Crippen LogP contribution is -2.31. The Balaban J connectivity index is 1.69. The standard InChI is InChI=1S/C15H16N2O5/c1-9-11(16-14(22-9)12-3-2-6-21-12)7-13(18)17-5-4-10(8-17)15(19)20/h2-3,6,10H,4-5,7-8H2,1H3,(H,19,20). The number of carboxylic acid groups (broad SMARTS) is 1. The maximum Gasteiger partial charge on any atom is 0.308 e. The second-order valence-corrected chi connectivity index (χ2v) is 5.34. The second kappa shape index (κ2) is 5.67. The molecule has 2 aromatic heterocycles. The lowest BCUT2D eigenvalue weighted by molar-refractivity contribution is -0.141. The van der Waals surface area contributed by atoms with Crippen LogP contribution in [0.25, 0.3) is 11.7 Å². The van der Waals surface area contributed by atoms with Crippen LogP contribution in [0.3, 0.4) is 0 Å². The molecule has 1 N–H and O–H groups in total. The molecule has 0 saturated carbocycles. The smallest absolute Gasteiger partial charge is 0.308 e. The van der Waals surface area contributed by atoms with Gasteiger partial charge in [0, 0.05) is 13.1 Å². The van der Waals surface area contributed by atoms with Crippen molar-refractivity contribution in [2.75, 3.05) is 13.1 Å². The van der Waals surface area contributed by atoms with Crippen LogP contribution in [0.2, 0.25) is 0 Å². The van der Waals surface area contributed by atoms with E-state index in [0.29, 0.717) is 36.1 Å². The quantitative estimate of drug-likeness (QED) is 0.923. The van der Waals surface area contributed by atoms with E-state index in [2.05, 4.69) is 4.98 Å². The van der Waals surface area contributed by atoms with Crippen LogP contribution in [0.15, 0.2) is 27.2 Å². The Hall–Kier alpha value is -2.57. The zero-order valence-electron chi connectivity index (χ0n) is 12.1. The van der Waals surface area contributed by atoms with Crippen LogP contribution in [0.4, 0.5) is 0 Å². The van der Waals surface area contributed by atoms with Gasteiger partial charge < -0.3 is 18.8 Å². The van der Waals surface area contributed by atoms with E-state index in [1.165, 1.54) is 6.26 Å². The summed E-state index contributed by atoms with van der Waals surface area (Å²) in [5.41, 5.74) is 0.551. The average molecular weight is 304 g/mol. The predicted octanol–water partition coefficient (Wildman–Crippen LogP) is 1.72. The Morgan fingerprint density at radius 2 is 2.32 bits per heavy atom. The van der Waals surface area contributed by atoms with Crippen molar-refractivity contribution in [1.82, 2.24) is 9.88 Å². The molecule has 0 radical (unpaired) electrons. The van der Waals surface area contributed by atoms with Crippen molar-refractivity contribution in [2.45, 2.75) is 19.8 Å². The monoisotopic (exact) mass is 304 g/mol. The number of carbonyl (C=O) groups is 2. The molecule has 1 fully saturated rings. The van der Waals surface area contributed by atoms with E-state index in [4.69, 9.17) is 13.9 Å². The molecule has 3 heterocycles. The molecule has 1 aliphatic heterocycles. The minimum atomic E-state index is -0.854.